The lowest BCUT2D eigenvalue weighted by Crippen LogP contribution is -2.35. The Morgan fingerprint density at radius 2 is 1.81 bits per heavy atom. The second kappa shape index (κ2) is 9.47. The molecule has 31 heavy (non-hydrogen) atoms. The minimum absolute atomic E-state index is 0.0682. The Bertz CT molecular complexity index is 962. The summed E-state index contributed by atoms with van der Waals surface area (Å²) in [6.45, 7) is 1.39. The first-order valence-corrected chi connectivity index (χ1v) is 10.1. The number of hydrogen-bond donors (Lipinski definition) is 3. The number of carbonyl (C=O) groups is 2. The molecule has 1 fully saturated rings. The Morgan fingerprint density at radius 1 is 1.13 bits per heavy atom. The van der Waals surface area contributed by atoms with Crippen LogP contribution in [0, 0.1) is 0 Å². The van der Waals surface area contributed by atoms with E-state index in [4.69, 9.17) is 17.3 Å². The van der Waals surface area contributed by atoms with Gasteiger partial charge in [0, 0.05) is 18.1 Å². The van der Waals surface area contributed by atoms with E-state index in [1.54, 1.807) is 24.3 Å². The van der Waals surface area contributed by atoms with Crippen molar-refractivity contribution in [2.75, 3.05) is 23.3 Å². The van der Waals surface area contributed by atoms with Crippen molar-refractivity contribution in [1.29, 1.82) is 0 Å². The summed E-state index contributed by atoms with van der Waals surface area (Å²) in [5, 5.41) is 5.36. The average molecular weight is 455 g/mol. The van der Waals surface area contributed by atoms with E-state index in [1.165, 1.54) is 6.07 Å². The van der Waals surface area contributed by atoms with Gasteiger partial charge in [-0.1, -0.05) is 29.8 Å². The molecule has 1 aliphatic rings. The molecule has 1 unspecified atom stereocenters. The predicted octanol–water partition coefficient (Wildman–Crippen LogP) is 4.70. The highest BCUT2D eigenvalue weighted by Crippen LogP contribution is 2.37. The number of nitrogens with one attached hydrogen (secondary N) is 2. The van der Waals surface area contributed by atoms with E-state index in [1.807, 2.05) is 4.90 Å². The molecule has 0 spiro atoms. The number of hydrogen-bond acceptors (Lipinski definition) is 3. The summed E-state index contributed by atoms with van der Waals surface area (Å²) >= 11 is 6.17. The molecule has 3 rings (SSSR count). The summed E-state index contributed by atoms with van der Waals surface area (Å²) < 4.78 is 39.7. The van der Waals surface area contributed by atoms with Crippen LogP contribution in [0.5, 0.6) is 0 Å². The first-order valence-electron chi connectivity index (χ1n) is 9.71. The Balaban J connectivity index is 1.86. The van der Waals surface area contributed by atoms with Gasteiger partial charge in [-0.2, -0.15) is 13.2 Å². The van der Waals surface area contributed by atoms with Crippen LogP contribution in [-0.2, 0) is 11.0 Å². The van der Waals surface area contributed by atoms with Crippen LogP contribution in [-0.4, -0.2) is 25.0 Å². The molecular formula is C21H22ClF3N4O2. The highest BCUT2D eigenvalue weighted by molar-refractivity contribution is 6.31. The van der Waals surface area contributed by atoms with E-state index >= 15 is 0 Å². The number of carbonyl (C=O) groups excluding carboxylic acids is 2. The molecule has 2 aromatic carbocycles. The molecule has 0 aliphatic carbocycles. The normalized spacial score (nSPS) is 14.9. The van der Waals surface area contributed by atoms with Gasteiger partial charge in [-0.25, -0.2) is 4.79 Å². The second-order valence-electron chi connectivity index (χ2n) is 7.26. The maximum absolute atomic E-state index is 13.2. The Hall–Kier alpha value is -2.94. The summed E-state index contributed by atoms with van der Waals surface area (Å²) in [7, 11) is 0. The number of anilines is 2. The van der Waals surface area contributed by atoms with Crippen LogP contribution in [0.4, 0.5) is 29.3 Å². The Labute approximate surface area is 182 Å². The van der Waals surface area contributed by atoms with Gasteiger partial charge in [0.05, 0.1) is 29.4 Å². The van der Waals surface area contributed by atoms with Gasteiger partial charge in [0.25, 0.3) is 0 Å². The molecule has 0 radical (unpaired) electrons. The van der Waals surface area contributed by atoms with Gasteiger partial charge in [0.1, 0.15) is 0 Å². The highest BCUT2D eigenvalue weighted by Gasteiger charge is 2.32. The molecule has 10 heteroatoms. The summed E-state index contributed by atoms with van der Waals surface area (Å²) in [4.78, 5) is 26.1. The zero-order chi connectivity index (χ0) is 22.6. The molecule has 1 aliphatic heterocycles. The summed E-state index contributed by atoms with van der Waals surface area (Å²) in [6.07, 6.45) is -2.96. The van der Waals surface area contributed by atoms with E-state index in [2.05, 4.69) is 10.6 Å². The largest absolute Gasteiger partial charge is 0.416 e. The number of alkyl halides is 3. The fourth-order valence-corrected chi connectivity index (χ4v) is 3.87. The third-order valence-corrected chi connectivity index (χ3v) is 5.38. The average Bonchev–Trinajstić information content (AvgIpc) is 3.21. The molecule has 1 atom stereocenters. The summed E-state index contributed by atoms with van der Waals surface area (Å²) in [5.74, 6) is -0.585. The number of nitrogens with two attached hydrogens (primary N) is 1. The van der Waals surface area contributed by atoms with Crippen molar-refractivity contribution in [3.63, 3.8) is 0 Å². The maximum atomic E-state index is 13.2. The minimum Gasteiger partial charge on any atom is -0.370 e. The fraction of sp³-hybridized carbons (Fsp3) is 0.333. The van der Waals surface area contributed by atoms with Gasteiger partial charge in [-0.05, 0) is 42.7 Å². The van der Waals surface area contributed by atoms with Crippen LogP contribution in [0.25, 0.3) is 0 Å². The number of urea groups is 1. The zero-order valence-electron chi connectivity index (χ0n) is 16.5. The van der Waals surface area contributed by atoms with Crippen LogP contribution >= 0.6 is 11.6 Å². The van der Waals surface area contributed by atoms with E-state index in [0.29, 0.717) is 29.4 Å². The monoisotopic (exact) mass is 454 g/mol. The fourth-order valence-electron chi connectivity index (χ4n) is 3.60. The lowest BCUT2D eigenvalue weighted by Gasteiger charge is -2.24. The van der Waals surface area contributed by atoms with Crippen LogP contribution in [0.15, 0.2) is 42.5 Å². The molecule has 2 aromatic rings. The standard InChI is InChI=1S/C21H22ClF3N4O2/c22-15-6-2-1-5-14(15)16(28-20(26)31)12-19(30)27-17-11-13(21(23,24)25)7-8-18(17)29-9-3-4-10-29/h1-2,5-8,11,16H,3-4,9-10,12H2,(H,27,30)(H3,26,28,31). The molecule has 0 saturated carbocycles. The molecule has 166 valence electrons. The number of primary amides is 1. The van der Waals surface area contributed by atoms with Crippen molar-refractivity contribution < 1.29 is 22.8 Å². The quantitative estimate of drug-likeness (QED) is 0.591. The summed E-state index contributed by atoms with van der Waals surface area (Å²) in [5.41, 5.74) is 5.44. The van der Waals surface area contributed by atoms with Crippen molar-refractivity contribution in [3.8, 4) is 0 Å². The first kappa shape index (κ1) is 22.7. The van der Waals surface area contributed by atoms with Crippen LogP contribution in [0.3, 0.4) is 0 Å². The minimum atomic E-state index is -4.54. The lowest BCUT2D eigenvalue weighted by atomic mass is 10.0. The number of halogens is 4. The SMILES string of the molecule is NC(=O)NC(CC(=O)Nc1cc(C(F)(F)F)ccc1N1CCCC1)c1ccccc1Cl. The van der Waals surface area contributed by atoms with E-state index in [9.17, 15) is 22.8 Å². The number of nitrogens with zero attached hydrogens (tertiary/aromatic N) is 1. The van der Waals surface area contributed by atoms with Gasteiger partial charge in [-0.15, -0.1) is 0 Å². The molecule has 0 aromatic heterocycles. The molecule has 1 heterocycles. The molecular weight excluding hydrogens is 433 g/mol. The maximum Gasteiger partial charge on any atom is 0.416 e. The van der Waals surface area contributed by atoms with Crippen LogP contribution < -0.4 is 21.3 Å². The van der Waals surface area contributed by atoms with Crippen molar-refractivity contribution in [3.05, 3.63) is 58.6 Å². The van der Waals surface area contributed by atoms with Crippen molar-refractivity contribution in [1.82, 2.24) is 5.32 Å². The Morgan fingerprint density at radius 3 is 2.42 bits per heavy atom. The smallest absolute Gasteiger partial charge is 0.370 e. The molecule has 0 bridgehead atoms. The van der Waals surface area contributed by atoms with Crippen LogP contribution in [0.2, 0.25) is 5.02 Å². The van der Waals surface area contributed by atoms with Crippen molar-refractivity contribution >= 4 is 34.9 Å². The molecule has 6 nitrogen and oxygen atoms in total. The number of amides is 3. The first-order chi connectivity index (χ1) is 14.6. The third kappa shape index (κ3) is 5.81. The van der Waals surface area contributed by atoms with Crippen molar-refractivity contribution in [2.24, 2.45) is 5.73 Å². The number of benzene rings is 2. The number of rotatable bonds is 6. The molecule has 4 N–H and O–H groups in total. The van der Waals surface area contributed by atoms with Gasteiger partial charge in [-0.3, -0.25) is 4.79 Å². The van der Waals surface area contributed by atoms with Gasteiger partial charge in [0.15, 0.2) is 0 Å². The highest BCUT2D eigenvalue weighted by atomic mass is 35.5. The van der Waals surface area contributed by atoms with E-state index < -0.39 is 29.7 Å². The zero-order valence-corrected chi connectivity index (χ0v) is 17.3. The third-order valence-electron chi connectivity index (χ3n) is 5.03. The summed E-state index contributed by atoms with van der Waals surface area (Å²) in [6, 6.07) is 8.23. The van der Waals surface area contributed by atoms with E-state index in [-0.39, 0.29) is 12.1 Å². The Kier molecular flexibility index (Phi) is 6.94. The van der Waals surface area contributed by atoms with Crippen LogP contribution in [0.1, 0.15) is 36.4 Å². The topological polar surface area (TPSA) is 87.5 Å². The predicted molar refractivity (Wildman–Crippen MR) is 113 cm³/mol. The van der Waals surface area contributed by atoms with Crippen molar-refractivity contribution in [2.45, 2.75) is 31.5 Å². The van der Waals surface area contributed by atoms with Gasteiger partial charge < -0.3 is 21.3 Å². The van der Waals surface area contributed by atoms with Gasteiger partial charge >= 0.3 is 12.2 Å². The van der Waals surface area contributed by atoms with Gasteiger partial charge in [0.2, 0.25) is 5.91 Å². The molecule has 3 amide bonds. The lowest BCUT2D eigenvalue weighted by molar-refractivity contribution is -0.137. The molecule has 1 saturated heterocycles. The second-order valence-corrected chi connectivity index (χ2v) is 7.67. The van der Waals surface area contributed by atoms with E-state index in [0.717, 1.165) is 25.0 Å².